The molecular formula is C11H13N3O4. The van der Waals surface area contributed by atoms with E-state index in [0.29, 0.717) is 18.5 Å². The number of carboxylic acid groups (broad SMARTS) is 1. The van der Waals surface area contributed by atoms with Gasteiger partial charge in [0.1, 0.15) is 11.9 Å². The third-order valence-electron chi connectivity index (χ3n) is 3.17. The number of carboxylic acids is 1. The summed E-state index contributed by atoms with van der Waals surface area (Å²) in [5.74, 6) is -1.35. The molecule has 0 amide bonds. The molecule has 0 aliphatic heterocycles. The summed E-state index contributed by atoms with van der Waals surface area (Å²) in [6.45, 7) is 0. The van der Waals surface area contributed by atoms with Gasteiger partial charge in [0.05, 0.1) is 10.8 Å². The Morgan fingerprint density at radius 1 is 1.56 bits per heavy atom. The molecule has 1 aliphatic carbocycles. The molecule has 1 fully saturated rings. The molecule has 96 valence electrons. The van der Waals surface area contributed by atoms with Crippen molar-refractivity contribution < 1.29 is 14.8 Å². The monoisotopic (exact) mass is 251 g/mol. The Morgan fingerprint density at radius 3 is 3.00 bits per heavy atom. The van der Waals surface area contributed by atoms with E-state index in [4.69, 9.17) is 5.11 Å². The number of anilines is 1. The Bertz CT molecular complexity index is 477. The smallest absolute Gasteiger partial charge is 0.310 e. The van der Waals surface area contributed by atoms with Gasteiger partial charge in [-0.05, 0) is 18.9 Å². The first-order chi connectivity index (χ1) is 8.59. The van der Waals surface area contributed by atoms with E-state index in [9.17, 15) is 14.9 Å². The van der Waals surface area contributed by atoms with E-state index >= 15 is 0 Å². The van der Waals surface area contributed by atoms with Gasteiger partial charge in [-0.3, -0.25) is 19.9 Å². The predicted molar refractivity (Wildman–Crippen MR) is 63.3 cm³/mol. The van der Waals surface area contributed by atoms with Crippen LogP contribution in [0, 0.1) is 16.0 Å². The molecule has 7 heteroatoms. The maximum Gasteiger partial charge on any atom is 0.310 e. The fourth-order valence-corrected chi connectivity index (χ4v) is 2.28. The van der Waals surface area contributed by atoms with E-state index < -0.39 is 16.8 Å². The van der Waals surface area contributed by atoms with Gasteiger partial charge in [-0.15, -0.1) is 0 Å². The number of nitrogens with zero attached hydrogens (tertiary/aromatic N) is 2. The van der Waals surface area contributed by atoms with Crippen LogP contribution in [-0.2, 0) is 4.79 Å². The Balaban J connectivity index is 2.19. The summed E-state index contributed by atoms with van der Waals surface area (Å²) in [5, 5.41) is 22.8. The molecule has 1 saturated carbocycles. The second-order valence-electron chi connectivity index (χ2n) is 4.28. The molecule has 1 aromatic heterocycles. The minimum atomic E-state index is -0.860. The maximum absolute atomic E-state index is 11.0. The van der Waals surface area contributed by atoms with Gasteiger partial charge >= 0.3 is 11.7 Å². The van der Waals surface area contributed by atoms with Crippen LogP contribution in [0.3, 0.4) is 0 Å². The number of carbonyl (C=O) groups is 1. The summed E-state index contributed by atoms with van der Waals surface area (Å²) in [6.07, 6.45) is 4.73. The third-order valence-corrected chi connectivity index (χ3v) is 3.17. The molecule has 0 radical (unpaired) electrons. The molecule has 1 aliphatic rings. The zero-order chi connectivity index (χ0) is 13.1. The molecule has 2 unspecified atom stereocenters. The SMILES string of the molecule is O=C(O)C1CCCC1Nc1ccncc1[N+](=O)[O-]. The van der Waals surface area contributed by atoms with Crippen molar-refractivity contribution in [2.45, 2.75) is 25.3 Å². The van der Waals surface area contributed by atoms with E-state index in [0.717, 1.165) is 12.6 Å². The van der Waals surface area contributed by atoms with Crippen molar-refractivity contribution >= 4 is 17.3 Å². The second-order valence-corrected chi connectivity index (χ2v) is 4.28. The van der Waals surface area contributed by atoms with Gasteiger partial charge in [-0.1, -0.05) is 6.42 Å². The van der Waals surface area contributed by atoms with Gasteiger partial charge in [0.2, 0.25) is 0 Å². The van der Waals surface area contributed by atoms with Crippen LogP contribution in [0.2, 0.25) is 0 Å². The molecule has 0 aromatic carbocycles. The fourth-order valence-electron chi connectivity index (χ4n) is 2.28. The molecule has 0 bridgehead atoms. The van der Waals surface area contributed by atoms with Gasteiger partial charge in [0.25, 0.3) is 0 Å². The summed E-state index contributed by atoms with van der Waals surface area (Å²) in [6, 6.07) is 1.23. The average Bonchev–Trinajstić information content (AvgIpc) is 2.77. The Morgan fingerprint density at radius 2 is 2.33 bits per heavy atom. The number of rotatable bonds is 4. The number of nitrogens with one attached hydrogen (secondary N) is 1. The standard InChI is InChI=1S/C11H13N3O4/c15-11(16)7-2-1-3-8(7)13-9-4-5-12-6-10(9)14(17)18/h4-8H,1-3H2,(H,12,13)(H,15,16). The minimum Gasteiger partial charge on any atom is -0.481 e. The van der Waals surface area contributed by atoms with Gasteiger partial charge in [0.15, 0.2) is 0 Å². The summed E-state index contributed by atoms with van der Waals surface area (Å²) < 4.78 is 0. The summed E-state index contributed by atoms with van der Waals surface area (Å²) >= 11 is 0. The molecule has 2 rings (SSSR count). The summed E-state index contributed by atoms with van der Waals surface area (Å²) in [4.78, 5) is 25.0. The normalized spacial score (nSPS) is 22.7. The Hall–Kier alpha value is -2.18. The highest BCUT2D eigenvalue weighted by Gasteiger charge is 2.33. The molecular weight excluding hydrogens is 238 g/mol. The summed E-state index contributed by atoms with van der Waals surface area (Å²) in [7, 11) is 0. The highest BCUT2D eigenvalue weighted by Crippen LogP contribution is 2.31. The highest BCUT2D eigenvalue weighted by molar-refractivity contribution is 5.72. The fraction of sp³-hybridized carbons (Fsp3) is 0.455. The van der Waals surface area contributed by atoms with Crippen molar-refractivity contribution in [3.8, 4) is 0 Å². The van der Waals surface area contributed by atoms with Crippen LogP contribution in [0.15, 0.2) is 18.5 Å². The van der Waals surface area contributed by atoms with E-state index in [1.54, 1.807) is 0 Å². The van der Waals surface area contributed by atoms with Crippen molar-refractivity contribution in [1.82, 2.24) is 4.98 Å². The first-order valence-electron chi connectivity index (χ1n) is 5.67. The van der Waals surface area contributed by atoms with Gasteiger partial charge in [-0.2, -0.15) is 0 Å². The molecule has 1 heterocycles. The first-order valence-corrected chi connectivity index (χ1v) is 5.67. The molecule has 0 saturated heterocycles. The van der Waals surface area contributed by atoms with Crippen LogP contribution in [0.4, 0.5) is 11.4 Å². The molecule has 2 atom stereocenters. The lowest BCUT2D eigenvalue weighted by Gasteiger charge is -2.18. The van der Waals surface area contributed by atoms with Crippen molar-refractivity contribution in [3.05, 3.63) is 28.6 Å². The quantitative estimate of drug-likeness (QED) is 0.622. The zero-order valence-electron chi connectivity index (χ0n) is 9.57. The Kier molecular flexibility index (Phi) is 3.40. The van der Waals surface area contributed by atoms with E-state index in [-0.39, 0.29) is 11.7 Å². The molecule has 0 spiro atoms. The van der Waals surface area contributed by atoms with E-state index in [2.05, 4.69) is 10.3 Å². The average molecular weight is 251 g/mol. The zero-order valence-corrected chi connectivity index (χ0v) is 9.57. The number of hydrogen-bond acceptors (Lipinski definition) is 5. The molecule has 18 heavy (non-hydrogen) atoms. The lowest BCUT2D eigenvalue weighted by atomic mass is 10.0. The van der Waals surface area contributed by atoms with E-state index in [1.807, 2.05) is 0 Å². The van der Waals surface area contributed by atoms with Crippen molar-refractivity contribution in [3.63, 3.8) is 0 Å². The van der Waals surface area contributed by atoms with Crippen molar-refractivity contribution in [2.75, 3.05) is 5.32 Å². The van der Waals surface area contributed by atoms with Crippen LogP contribution >= 0.6 is 0 Å². The van der Waals surface area contributed by atoms with Crippen LogP contribution in [0.5, 0.6) is 0 Å². The largest absolute Gasteiger partial charge is 0.481 e. The van der Waals surface area contributed by atoms with Gasteiger partial charge in [-0.25, -0.2) is 0 Å². The van der Waals surface area contributed by atoms with Crippen LogP contribution in [-0.4, -0.2) is 27.0 Å². The van der Waals surface area contributed by atoms with Crippen molar-refractivity contribution in [2.24, 2.45) is 5.92 Å². The summed E-state index contributed by atoms with van der Waals surface area (Å²) in [5.41, 5.74) is 0.196. The minimum absolute atomic E-state index is 0.131. The lowest BCUT2D eigenvalue weighted by molar-refractivity contribution is -0.384. The maximum atomic E-state index is 11.0. The second kappa shape index (κ2) is 4.99. The van der Waals surface area contributed by atoms with Crippen molar-refractivity contribution in [1.29, 1.82) is 0 Å². The number of aromatic nitrogens is 1. The first kappa shape index (κ1) is 12.3. The topological polar surface area (TPSA) is 105 Å². The van der Waals surface area contributed by atoms with Crippen LogP contribution < -0.4 is 5.32 Å². The highest BCUT2D eigenvalue weighted by atomic mass is 16.6. The third kappa shape index (κ3) is 2.39. The molecule has 7 nitrogen and oxygen atoms in total. The Labute approximate surface area is 103 Å². The van der Waals surface area contributed by atoms with Gasteiger partial charge < -0.3 is 10.4 Å². The number of nitro groups is 1. The number of pyridine rings is 1. The lowest BCUT2D eigenvalue weighted by Crippen LogP contribution is -2.30. The van der Waals surface area contributed by atoms with Gasteiger partial charge in [0, 0.05) is 12.2 Å². The predicted octanol–water partition coefficient (Wildman–Crippen LogP) is 1.65. The van der Waals surface area contributed by atoms with Crippen LogP contribution in [0.1, 0.15) is 19.3 Å². The molecule has 1 aromatic rings. The van der Waals surface area contributed by atoms with E-state index in [1.165, 1.54) is 12.3 Å². The number of aliphatic carboxylic acids is 1. The molecule has 2 N–H and O–H groups in total. The van der Waals surface area contributed by atoms with Crippen LogP contribution in [0.25, 0.3) is 0 Å². The number of hydrogen-bond donors (Lipinski definition) is 2.